The van der Waals surface area contributed by atoms with Crippen LogP contribution in [0.15, 0.2) is 95.4 Å². The van der Waals surface area contributed by atoms with Gasteiger partial charge >= 0.3 is 0 Å². The van der Waals surface area contributed by atoms with Gasteiger partial charge in [0.05, 0.1) is 10.7 Å². The third-order valence-corrected chi connectivity index (χ3v) is 5.70. The summed E-state index contributed by atoms with van der Waals surface area (Å²) in [6.45, 7) is 2.47. The van der Waals surface area contributed by atoms with Gasteiger partial charge in [-0.3, -0.25) is 4.79 Å². The standard InChI is InChI=1S/C28H21ClN2O3/c1-18-7-14-26-25(15-18)31-28(34-26)21-10-13-23(29)24(16-21)30-27(32)20-8-11-22(12-9-20)33-17-19-5-3-2-4-6-19/h2-16H,17H2,1H3,(H,30,32). The molecule has 0 bridgehead atoms. The minimum atomic E-state index is -0.276. The predicted octanol–water partition coefficient (Wildman–Crippen LogP) is 7.29. The van der Waals surface area contributed by atoms with Crippen LogP contribution in [-0.4, -0.2) is 10.9 Å². The summed E-state index contributed by atoms with van der Waals surface area (Å²) in [7, 11) is 0. The first-order valence-electron chi connectivity index (χ1n) is 10.8. The summed E-state index contributed by atoms with van der Waals surface area (Å²) in [4.78, 5) is 17.4. The molecule has 1 heterocycles. The second-order valence-corrected chi connectivity index (χ2v) is 8.34. The molecule has 0 saturated heterocycles. The maximum atomic E-state index is 12.8. The second-order valence-electron chi connectivity index (χ2n) is 7.94. The molecule has 5 rings (SSSR count). The van der Waals surface area contributed by atoms with Crippen LogP contribution in [0, 0.1) is 6.92 Å². The van der Waals surface area contributed by atoms with Crippen LogP contribution in [0.4, 0.5) is 5.69 Å². The molecule has 1 aromatic heterocycles. The van der Waals surface area contributed by atoms with Crippen molar-refractivity contribution in [2.75, 3.05) is 5.32 Å². The summed E-state index contributed by atoms with van der Waals surface area (Å²) in [6.07, 6.45) is 0. The Morgan fingerprint density at radius 2 is 1.76 bits per heavy atom. The van der Waals surface area contributed by atoms with E-state index in [1.165, 1.54) is 0 Å². The van der Waals surface area contributed by atoms with Gasteiger partial charge in [0.1, 0.15) is 17.9 Å². The van der Waals surface area contributed by atoms with Crippen LogP contribution in [0.2, 0.25) is 5.02 Å². The summed E-state index contributed by atoms with van der Waals surface area (Å²) in [5, 5.41) is 3.30. The van der Waals surface area contributed by atoms with E-state index in [0.717, 1.165) is 22.2 Å². The van der Waals surface area contributed by atoms with E-state index in [-0.39, 0.29) is 5.91 Å². The molecule has 34 heavy (non-hydrogen) atoms. The average Bonchev–Trinajstić information content (AvgIpc) is 3.28. The number of nitrogens with one attached hydrogen (secondary N) is 1. The Morgan fingerprint density at radius 1 is 0.971 bits per heavy atom. The van der Waals surface area contributed by atoms with Crippen LogP contribution in [0.1, 0.15) is 21.5 Å². The van der Waals surface area contributed by atoms with Gasteiger partial charge in [-0.1, -0.05) is 48.0 Å². The number of nitrogens with zero attached hydrogens (tertiary/aromatic N) is 1. The summed E-state index contributed by atoms with van der Waals surface area (Å²) >= 11 is 6.35. The van der Waals surface area contributed by atoms with Gasteiger partial charge in [-0.15, -0.1) is 0 Å². The molecule has 0 atom stereocenters. The number of benzene rings is 4. The van der Waals surface area contributed by atoms with Crippen molar-refractivity contribution in [2.45, 2.75) is 13.5 Å². The lowest BCUT2D eigenvalue weighted by Gasteiger charge is -2.10. The van der Waals surface area contributed by atoms with Gasteiger partial charge in [-0.25, -0.2) is 4.98 Å². The fraction of sp³-hybridized carbons (Fsp3) is 0.0714. The molecule has 0 radical (unpaired) electrons. The van der Waals surface area contributed by atoms with E-state index >= 15 is 0 Å². The summed E-state index contributed by atoms with van der Waals surface area (Å²) in [6, 6.07) is 28.0. The molecule has 0 saturated carbocycles. The number of carbonyl (C=O) groups is 1. The molecule has 6 heteroatoms. The van der Waals surface area contributed by atoms with Gasteiger partial charge < -0.3 is 14.5 Å². The molecule has 0 aliphatic rings. The average molecular weight is 469 g/mol. The molecular formula is C28H21ClN2O3. The SMILES string of the molecule is Cc1ccc2oc(-c3ccc(Cl)c(NC(=O)c4ccc(OCc5ccccc5)cc4)c3)nc2c1. The van der Waals surface area contributed by atoms with E-state index in [4.69, 9.17) is 20.8 Å². The normalized spacial score (nSPS) is 10.9. The number of ether oxygens (including phenoxy) is 1. The number of halogens is 1. The lowest BCUT2D eigenvalue weighted by atomic mass is 10.1. The number of carbonyl (C=O) groups excluding carboxylic acids is 1. The molecule has 5 aromatic rings. The molecule has 1 amide bonds. The molecule has 0 spiro atoms. The highest BCUT2D eigenvalue weighted by atomic mass is 35.5. The molecule has 0 fully saturated rings. The number of fused-ring (bicyclic) bond motifs is 1. The van der Waals surface area contributed by atoms with E-state index in [1.54, 1.807) is 36.4 Å². The van der Waals surface area contributed by atoms with Crippen molar-refractivity contribution < 1.29 is 13.9 Å². The largest absolute Gasteiger partial charge is 0.489 e. The number of amides is 1. The summed E-state index contributed by atoms with van der Waals surface area (Å²) in [5.74, 6) is 0.876. The minimum Gasteiger partial charge on any atom is -0.489 e. The highest BCUT2D eigenvalue weighted by Crippen LogP contribution is 2.31. The summed E-state index contributed by atoms with van der Waals surface area (Å²) in [5.41, 5.74) is 5.36. The van der Waals surface area contributed by atoms with E-state index in [2.05, 4.69) is 10.3 Å². The van der Waals surface area contributed by atoms with Crippen molar-refractivity contribution in [3.05, 3.63) is 113 Å². The van der Waals surface area contributed by atoms with Crippen molar-refractivity contribution >= 4 is 34.3 Å². The Kier molecular flexibility index (Phi) is 6.02. The first-order valence-corrected chi connectivity index (χ1v) is 11.2. The topological polar surface area (TPSA) is 64.4 Å². The number of aromatic nitrogens is 1. The monoisotopic (exact) mass is 468 g/mol. The van der Waals surface area contributed by atoms with Crippen molar-refractivity contribution in [2.24, 2.45) is 0 Å². The number of rotatable bonds is 6. The van der Waals surface area contributed by atoms with Crippen LogP contribution in [0.3, 0.4) is 0 Å². The zero-order valence-corrected chi connectivity index (χ0v) is 19.2. The van der Waals surface area contributed by atoms with Gasteiger partial charge in [0.15, 0.2) is 5.58 Å². The van der Waals surface area contributed by atoms with Crippen molar-refractivity contribution in [3.8, 4) is 17.2 Å². The Morgan fingerprint density at radius 3 is 2.56 bits per heavy atom. The molecule has 5 nitrogen and oxygen atoms in total. The van der Waals surface area contributed by atoms with E-state index < -0.39 is 0 Å². The van der Waals surface area contributed by atoms with Gasteiger partial charge in [0.2, 0.25) is 5.89 Å². The number of oxazole rings is 1. The molecule has 1 N–H and O–H groups in total. The zero-order chi connectivity index (χ0) is 23.5. The zero-order valence-electron chi connectivity index (χ0n) is 18.4. The molecular weight excluding hydrogens is 448 g/mol. The molecule has 168 valence electrons. The van der Waals surface area contributed by atoms with Crippen molar-refractivity contribution in [1.82, 2.24) is 4.98 Å². The van der Waals surface area contributed by atoms with Crippen molar-refractivity contribution in [3.63, 3.8) is 0 Å². The summed E-state index contributed by atoms with van der Waals surface area (Å²) < 4.78 is 11.7. The molecule has 0 aliphatic heterocycles. The van der Waals surface area contributed by atoms with Crippen LogP contribution in [-0.2, 0) is 6.61 Å². The number of anilines is 1. The van der Waals surface area contributed by atoms with Crippen molar-refractivity contribution in [1.29, 1.82) is 0 Å². The Balaban J connectivity index is 1.30. The highest BCUT2D eigenvalue weighted by molar-refractivity contribution is 6.34. The van der Waals surface area contributed by atoms with Gasteiger partial charge in [-0.2, -0.15) is 0 Å². The number of hydrogen-bond donors (Lipinski definition) is 1. The third-order valence-electron chi connectivity index (χ3n) is 5.37. The Bertz CT molecular complexity index is 1460. The lowest BCUT2D eigenvalue weighted by molar-refractivity contribution is 0.102. The number of hydrogen-bond acceptors (Lipinski definition) is 4. The third kappa shape index (κ3) is 4.80. The van der Waals surface area contributed by atoms with Crippen LogP contribution in [0.25, 0.3) is 22.6 Å². The predicted molar refractivity (Wildman–Crippen MR) is 134 cm³/mol. The molecule has 0 aliphatic carbocycles. The van der Waals surface area contributed by atoms with E-state index in [1.807, 2.05) is 61.5 Å². The van der Waals surface area contributed by atoms with Crippen LogP contribution < -0.4 is 10.1 Å². The van der Waals surface area contributed by atoms with Gasteiger partial charge in [0.25, 0.3) is 5.91 Å². The fourth-order valence-corrected chi connectivity index (χ4v) is 3.72. The second kappa shape index (κ2) is 9.41. The maximum absolute atomic E-state index is 12.8. The smallest absolute Gasteiger partial charge is 0.255 e. The van der Waals surface area contributed by atoms with Crippen LogP contribution in [0.5, 0.6) is 5.75 Å². The minimum absolute atomic E-state index is 0.276. The van der Waals surface area contributed by atoms with Gasteiger partial charge in [-0.05, 0) is 72.6 Å². The highest BCUT2D eigenvalue weighted by Gasteiger charge is 2.13. The molecule has 4 aromatic carbocycles. The van der Waals surface area contributed by atoms with Gasteiger partial charge in [0, 0.05) is 11.1 Å². The Hall–Kier alpha value is -4.09. The van der Waals surface area contributed by atoms with Crippen LogP contribution >= 0.6 is 11.6 Å². The lowest BCUT2D eigenvalue weighted by Crippen LogP contribution is -2.12. The first-order chi connectivity index (χ1) is 16.5. The quantitative estimate of drug-likeness (QED) is 0.284. The first kappa shape index (κ1) is 21.7. The number of aryl methyl sites for hydroxylation is 1. The Labute approximate surface area is 202 Å². The molecule has 0 unspecified atom stereocenters. The van der Waals surface area contributed by atoms with E-state index in [9.17, 15) is 4.79 Å². The fourth-order valence-electron chi connectivity index (χ4n) is 3.55. The van der Waals surface area contributed by atoms with E-state index in [0.29, 0.717) is 40.1 Å². The maximum Gasteiger partial charge on any atom is 0.255 e.